The molecule has 1 saturated heterocycles. The summed E-state index contributed by atoms with van der Waals surface area (Å²) in [5.74, 6) is 0. The summed E-state index contributed by atoms with van der Waals surface area (Å²) in [7, 11) is -2.06. The van der Waals surface area contributed by atoms with Crippen molar-refractivity contribution in [1.82, 2.24) is 0 Å². The van der Waals surface area contributed by atoms with Crippen LogP contribution in [0.2, 0.25) is 0 Å². The van der Waals surface area contributed by atoms with Gasteiger partial charge in [-0.15, -0.1) is 0 Å². The van der Waals surface area contributed by atoms with Crippen LogP contribution >= 0.6 is 0 Å². The molecule has 9 heteroatoms. The molecule has 0 amide bonds. The van der Waals surface area contributed by atoms with E-state index in [2.05, 4.69) is 0 Å². The van der Waals surface area contributed by atoms with Crippen LogP contribution in [0.3, 0.4) is 0 Å². The average Bonchev–Trinajstić information content (AvgIpc) is 2.95. The number of benzene rings is 3. The van der Waals surface area contributed by atoms with Crippen molar-refractivity contribution in [2.45, 2.75) is 56.9 Å². The maximum Gasteiger partial charge on any atom is 0.264 e. The highest BCUT2D eigenvalue weighted by Gasteiger charge is 2.48. The van der Waals surface area contributed by atoms with Gasteiger partial charge in [0, 0.05) is 13.5 Å². The average molecular weight is 557 g/mol. The Balaban J connectivity index is 1.60. The van der Waals surface area contributed by atoms with Gasteiger partial charge in [-0.25, -0.2) is 0 Å². The van der Waals surface area contributed by atoms with E-state index >= 15 is 0 Å². The predicted molar refractivity (Wildman–Crippen MR) is 146 cm³/mol. The molecule has 1 aliphatic rings. The zero-order chi connectivity index (χ0) is 27.5. The molecule has 3 aromatic rings. The molecule has 0 bridgehead atoms. The summed E-state index contributed by atoms with van der Waals surface area (Å²) < 4.78 is 59.6. The fraction of sp³-hybridized carbons (Fsp3) is 0.400. The Morgan fingerprint density at radius 1 is 0.667 bits per heavy atom. The summed E-state index contributed by atoms with van der Waals surface area (Å²) >= 11 is 0. The molecule has 0 aliphatic carbocycles. The number of rotatable bonds is 14. The Labute approximate surface area is 230 Å². The molecule has 0 unspecified atom stereocenters. The second-order valence-electron chi connectivity index (χ2n) is 9.38. The van der Waals surface area contributed by atoms with Gasteiger partial charge >= 0.3 is 0 Å². The zero-order valence-electron chi connectivity index (χ0n) is 22.3. The first-order valence-corrected chi connectivity index (χ1v) is 14.7. The summed E-state index contributed by atoms with van der Waals surface area (Å²) in [6.45, 7) is 0.900. The van der Waals surface area contributed by atoms with Gasteiger partial charge in [0.25, 0.3) is 10.1 Å². The van der Waals surface area contributed by atoms with E-state index in [9.17, 15) is 8.42 Å². The van der Waals surface area contributed by atoms with Crippen LogP contribution in [0.4, 0.5) is 0 Å². The van der Waals surface area contributed by atoms with Gasteiger partial charge < -0.3 is 23.7 Å². The molecule has 39 heavy (non-hydrogen) atoms. The predicted octanol–water partition coefficient (Wildman–Crippen LogP) is 4.48. The molecular formula is C30H36O8S. The van der Waals surface area contributed by atoms with E-state index in [1.807, 2.05) is 91.0 Å². The van der Waals surface area contributed by atoms with Crippen molar-refractivity contribution in [1.29, 1.82) is 0 Å². The second-order valence-corrected chi connectivity index (χ2v) is 11.0. The molecule has 0 aromatic heterocycles. The van der Waals surface area contributed by atoms with E-state index in [-0.39, 0.29) is 13.0 Å². The van der Waals surface area contributed by atoms with E-state index in [4.69, 9.17) is 27.9 Å². The number of methoxy groups -OCH3 is 1. The first-order chi connectivity index (χ1) is 18.9. The Kier molecular flexibility index (Phi) is 11.0. The van der Waals surface area contributed by atoms with Gasteiger partial charge in [-0.05, 0) is 16.7 Å². The Bertz CT molecular complexity index is 1210. The lowest BCUT2D eigenvalue weighted by atomic mass is 9.95. The monoisotopic (exact) mass is 556 g/mol. The van der Waals surface area contributed by atoms with E-state index in [1.165, 1.54) is 0 Å². The Hall–Kier alpha value is -2.63. The molecular weight excluding hydrogens is 520 g/mol. The Morgan fingerprint density at radius 3 is 1.54 bits per heavy atom. The summed E-state index contributed by atoms with van der Waals surface area (Å²) in [5, 5.41) is 0. The van der Waals surface area contributed by atoms with Crippen molar-refractivity contribution >= 4 is 10.1 Å². The molecule has 3 aromatic carbocycles. The van der Waals surface area contributed by atoms with Crippen LogP contribution in [0.1, 0.15) is 23.1 Å². The SMILES string of the molecule is CO[C@H]1O[C@@H](CCOS(C)(=O)=O)[C@@H](OCc2ccccc2)[C@@H](OCc2ccccc2)[C@H]1OCc1ccccc1. The molecule has 0 saturated carbocycles. The third-order valence-corrected chi connectivity index (χ3v) is 6.97. The van der Waals surface area contributed by atoms with Crippen LogP contribution in [0.15, 0.2) is 91.0 Å². The minimum absolute atomic E-state index is 0.0634. The largest absolute Gasteiger partial charge is 0.368 e. The van der Waals surface area contributed by atoms with E-state index in [0.717, 1.165) is 22.9 Å². The molecule has 1 fully saturated rings. The maximum absolute atomic E-state index is 11.6. The first kappa shape index (κ1) is 29.4. The van der Waals surface area contributed by atoms with Crippen molar-refractivity contribution in [2.75, 3.05) is 20.0 Å². The van der Waals surface area contributed by atoms with Crippen LogP contribution in [-0.4, -0.2) is 59.1 Å². The van der Waals surface area contributed by atoms with Gasteiger partial charge in [0.05, 0.1) is 38.8 Å². The molecule has 4 rings (SSSR count). The summed E-state index contributed by atoms with van der Waals surface area (Å²) in [4.78, 5) is 0. The fourth-order valence-electron chi connectivity index (χ4n) is 4.48. The third kappa shape index (κ3) is 9.22. The number of hydrogen-bond acceptors (Lipinski definition) is 8. The van der Waals surface area contributed by atoms with Crippen LogP contribution in [0.5, 0.6) is 0 Å². The second kappa shape index (κ2) is 14.7. The minimum atomic E-state index is -3.61. The quantitative estimate of drug-likeness (QED) is 0.269. The highest BCUT2D eigenvalue weighted by atomic mass is 32.2. The van der Waals surface area contributed by atoms with Crippen LogP contribution in [-0.2, 0) is 57.8 Å². The molecule has 5 atom stereocenters. The normalized spacial score (nSPS) is 23.5. The van der Waals surface area contributed by atoms with E-state index in [1.54, 1.807) is 7.11 Å². The summed E-state index contributed by atoms with van der Waals surface area (Å²) in [6.07, 6.45) is -1.86. The van der Waals surface area contributed by atoms with Gasteiger partial charge in [-0.2, -0.15) is 8.42 Å². The van der Waals surface area contributed by atoms with Gasteiger partial charge in [0.2, 0.25) is 0 Å². The zero-order valence-corrected chi connectivity index (χ0v) is 23.1. The number of ether oxygens (including phenoxy) is 5. The molecule has 8 nitrogen and oxygen atoms in total. The van der Waals surface area contributed by atoms with E-state index in [0.29, 0.717) is 19.8 Å². The molecule has 1 aliphatic heterocycles. The first-order valence-electron chi connectivity index (χ1n) is 12.9. The van der Waals surface area contributed by atoms with Gasteiger partial charge in [-0.1, -0.05) is 91.0 Å². The van der Waals surface area contributed by atoms with E-state index < -0.39 is 40.8 Å². The fourth-order valence-corrected chi connectivity index (χ4v) is 4.88. The van der Waals surface area contributed by atoms with Crippen molar-refractivity contribution in [3.8, 4) is 0 Å². The smallest absolute Gasteiger partial charge is 0.264 e. The lowest BCUT2D eigenvalue weighted by Gasteiger charge is -2.45. The standard InChI is InChI=1S/C30H36O8S/c1-33-30-29(36-22-25-16-10-5-11-17-25)28(35-21-24-14-8-4-9-15-24)27(34-20-23-12-6-3-7-13-23)26(38-30)18-19-37-39(2,31)32/h3-17,26-30H,18-22H2,1-2H3/t26-,27+,28+,29+,30-/m0/s1. The molecule has 0 spiro atoms. The Morgan fingerprint density at radius 2 is 1.10 bits per heavy atom. The van der Waals surface area contributed by atoms with Gasteiger partial charge in [0.15, 0.2) is 6.29 Å². The molecule has 0 radical (unpaired) electrons. The topological polar surface area (TPSA) is 89.5 Å². The van der Waals surface area contributed by atoms with Crippen molar-refractivity contribution in [2.24, 2.45) is 0 Å². The van der Waals surface area contributed by atoms with Crippen molar-refractivity contribution in [3.63, 3.8) is 0 Å². The third-order valence-electron chi connectivity index (χ3n) is 6.38. The molecule has 0 N–H and O–H groups in total. The van der Waals surface area contributed by atoms with Gasteiger partial charge in [0.1, 0.15) is 18.3 Å². The van der Waals surface area contributed by atoms with Crippen LogP contribution in [0, 0.1) is 0 Å². The van der Waals surface area contributed by atoms with Crippen LogP contribution in [0.25, 0.3) is 0 Å². The lowest BCUT2D eigenvalue weighted by molar-refractivity contribution is -0.319. The van der Waals surface area contributed by atoms with Crippen molar-refractivity contribution in [3.05, 3.63) is 108 Å². The summed E-state index contributed by atoms with van der Waals surface area (Å²) in [6, 6.07) is 29.5. The van der Waals surface area contributed by atoms with Crippen LogP contribution < -0.4 is 0 Å². The maximum atomic E-state index is 11.6. The highest BCUT2D eigenvalue weighted by molar-refractivity contribution is 7.85. The lowest BCUT2D eigenvalue weighted by Crippen LogP contribution is -2.60. The molecule has 210 valence electrons. The number of hydrogen-bond donors (Lipinski definition) is 0. The van der Waals surface area contributed by atoms with Gasteiger partial charge in [-0.3, -0.25) is 4.18 Å². The minimum Gasteiger partial charge on any atom is -0.368 e. The molecule has 1 heterocycles. The summed E-state index contributed by atoms with van der Waals surface area (Å²) in [5.41, 5.74) is 2.99. The highest BCUT2D eigenvalue weighted by Crippen LogP contribution is 2.32. The van der Waals surface area contributed by atoms with Crippen molar-refractivity contribution < 1.29 is 36.3 Å².